The second kappa shape index (κ2) is 5.05. The molecule has 17 heavy (non-hydrogen) atoms. The van der Waals surface area contributed by atoms with E-state index in [4.69, 9.17) is 0 Å². The molecule has 1 aliphatic heterocycles. The Balaban J connectivity index is 2.23. The number of carbonyl (C=O) groups is 1. The zero-order valence-electron chi connectivity index (χ0n) is 10.2. The summed E-state index contributed by atoms with van der Waals surface area (Å²) < 4.78 is 0.874. The maximum atomic E-state index is 12.3. The van der Waals surface area contributed by atoms with Gasteiger partial charge in [-0.2, -0.15) is 0 Å². The summed E-state index contributed by atoms with van der Waals surface area (Å²) in [5.74, 6) is 0.115. The van der Waals surface area contributed by atoms with Gasteiger partial charge in [0, 0.05) is 17.6 Å². The number of amides is 1. The van der Waals surface area contributed by atoms with E-state index in [1.54, 1.807) is 0 Å². The Hall–Kier alpha value is -1.09. The minimum atomic E-state index is 0.115. The predicted molar refractivity (Wildman–Crippen MR) is 73.2 cm³/mol. The van der Waals surface area contributed by atoms with E-state index in [0.717, 1.165) is 35.1 Å². The van der Waals surface area contributed by atoms with Crippen molar-refractivity contribution in [1.29, 1.82) is 0 Å². The molecule has 0 bridgehead atoms. The zero-order valence-corrected chi connectivity index (χ0v) is 11.8. The van der Waals surface area contributed by atoms with E-state index in [1.807, 2.05) is 30.0 Å². The third-order valence-electron chi connectivity index (χ3n) is 3.08. The van der Waals surface area contributed by atoms with Gasteiger partial charge in [-0.3, -0.25) is 4.79 Å². The molecule has 1 amide bonds. The third-order valence-corrected chi connectivity index (χ3v) is 3.77. The number of nitrogens with zero attached hydrogens (tertiary/aromatic N) is 1. The Labute approximate surface area is 110 Å². The Morgan fingerprint density at radius 2 is 2.12 bits per heavy atom. The predicted octanol–water partition coefficient (Wildman–Crippen LogP) is 3.55. The van der Waals surface area contributed by atoms with E-state index in [1.165, 1.54) is 5.57 Å². The van der Waals surface area contributed by atoms with E-state index in [9.17, 15) is 4.79 Å². The maximum Gasteiger partial charge on any atom is 0.255 e. The third kappa shape index (κ3) is 2.78. The van der Waals surface area contributed by atoms with Crippen LogP contribution < -0.4 is 0 Å². The molecule has 1 heterocycles. The summed E-state index contributed by atoms with van der Waals surface area (Å²) in [4.78, 5) is 14.2. The lowest BCUT2D eigenvalue weighted by atomic mass is 10.1. The number of rotatable bonds is 1. The number of hydrogen-bond acceptors (Lipinski definition) is 1. The molecule has 1 aromatic carbocycles. The van der Waals surface area contributed by atoms with Gasteiger partial charge in [-0.05, 0) is 48.3 Å². The monoisotopic (exact) mass is 293 g/mol. The van der Waals surface area contributed by atoms with Crippen LogP contribution in [0.1, 0.15) is 29.3 Å². The Kier molecular flexibility index (Phi) is 3.67. The fraction of sp³-hybridized carbons (Fsp3) is 0.357. The fourth-order valence-electron chi connectivity index (χ4n) is 1.93. The molecule has 2 nitrogen and oxygen atoms in total. The standard InChI is InChI=1S/C14H16BrNO/c1-10-5-7-16(8-6-10)14(17)12-9-11(2)3-4-13(12)15/h3-5,9H,6-8H2,1-2H3. The van der Waals surface area contributed by atoms with Gasteiger partial charge in [-0.25, -0.2) is 0 Å². The Bertz CT molecular complexity index is 479. The quantitative estimate of drug-likeness (QED) is 0.725. The first kappa shape index (κ1) is 12.4. The molecule has 0 saturated heterocycles. The molecule has 0 unspecified atom stereocenters. The average Bonchev–Trinajstić information content (AvgIpc) is 2.32. The first-order valence-corrected chi connectivity index (χ1v) is 6.58. The molecule has 3 heteroatoms. The van der Waals surface area contributed by atoms with Gasteiger partial charge < -0.3 is 4.90 Å². The van der Waals surface area contributed by atoms with Gasteiger partial charge in [0.15, 0.2) is 0 Å². The summed E-state index contributed by atoms with van der Waals surface area (Å²) in [6, 6.07) is 5.88. The van der Waals surface area contributed by atoms with Gasteiger partial charge in [-0.15, -0.1) is 0 Å². The highest BCUT2D eigenvalue weighted by molar-refractivity contribution is 9.10. The van der Waals surface area contributed by atoms with Crippen LogP contribution in [0.2, 0.25) is 0 Å². The molecule has 0 aliphatic carbocycles. The van der Waals surface area contributed by atoms with Gasteiger partial charge >= 0.3 is 0 Å². The molecule has 0 atom stereocenters. The van der Waals surface area contributed by atoms with E-state index in [-0.39, 0.29) is 5.91 Å². The van der Waals surface area contributed by atoms with Gasteiger partial charge in [0.05, 0.1) is 5.56 Å². The highest BCUT2D eigenvalue weighted by Gasteiger charge is 2.19. The topological polar surface area (TPSA) is 20.3 Å². The van der Waals surface area contributed by atoms with Crippen LogP contribution in [0.4, 0.5) is 0 Å². The van der Waals surface area contributed by atoms with E-state index >= 15 is 0 Å². The van der Waals surface area contributed by atoms with Gasteiger partial charge in [-0.1, -0.05) is 23.3 Å². The van der Waals surface area contributed by atoms with Crippen LogP contribution in [0, 0.1) is 6.92 Å². The van der Waals surface area contributed by atoms with Crippen LogP contribution in [0.5, 0.6) is 0 Å². The average molecular weight is 294 g/mol. The molecular weight excluding hydrogens is 278 g/mol. The van der Waals surface area contributed by atoms with Crippen LogP contribution in [-0.2, 0) is 0 Å². The summed E-state index contributed by atoms with van der Waals surface area (Å²) in [6.45, 7) is 5.67. The van der Waals surface area contributed by atoms with Crippen molar-refractivity contribution < 1.29 is 4.79 Å². The normalized spacial score (nSPS) is 15.7. The Morgan fingerprint density at radius 1 is 1.35 bits per heavy atom. The van der Waals surface area contributed by atoms with Crippen LogP contribution in [0.25, 0.3) is 0 Å². The summed E-state index contributed by atoms with van der Waals surface area (Å²) in [5, 5.41) is 0. The molecule has 0 aromatic heterocycles. The van der Waals surface area contributed by atoms with Crippen LogP contribution in [0.3, 0.4) is 0 Å². The van der Waals surface area contributed by atoms with Crippen molar-refractivity contribution in [3.05, 3.63) is 45.4 Å². The van der Waals surface area contributed by atoms with E-state index < -0.39 is 0 Å². The van der Waals surface area contributed by atoms with Gasteiger partial charge in [0.2, 0.25) is 0 Å². The van der Waals surface area contributed by atoms with Crippen LogP contribution in [0.15, 0.2) is 34.3 Å². The molecule has 1 aliphatic rings. The first-order chi connectivity index (χ1) is 8.08. The number of halogens is 1. The second-order valence-corrected chi connectivity index (χ2v) is 5.39. The van der Waals surface area contributed by atoms with Crippen molar-refractivity contribution >= 4 is 21.8 Å². The minimum absolute atomic E-state index is 0.115. The van der Waals surface area contributed by atoms with Crippen LogP contribution in [-0.4, -0.2) is 23.9 Å². The molecular formula is C14H16BrNO. The number of benzene rings is 1. The summed E-state index contributed by atoms with van der Waals surface area (Å²) in [5.41, 5.74) is 3.25. The van der Waals surface area contributed by atoms with Crippen molar-refractivity contribution in [3.8, 4) is 0 Å². The lowest BCUT2D eigenvalue weighted by molar-refractivity contribution is 0.0768. The summed E-state index contributed by atoms with van der Waals surface area (Å²) >= 11 is 3.45. The van der Waals surface area contributed by atoms with Crippen molar-refractivity contribution in [3.63, 3.8) is 0 Å². The molecule has 2 rings (SSSR count). The molecule has 0 saturated carbocycles. The van der Waals surface area contributed by atoms with Crippen molar-refractivity contribution in [2.24, 2.45) is 0 Å². The summed E-state index contributed by atoms with van der Waals surface area (Å²) in [6.07, 6.45) is 3.11. The lowest BCUT2D eigenvalue weighted by Crippen LogP contribution is -2.34. The number of carbonyl (C=O) groups excluding carboxylic acids is 1. The lowest BCUT2D eigenvalue weighted by Gasteiger charge is -2.26. The molecule has 0 radical (unpaired) electrons. The zero-order chi connectivity index (χ0) is 12.4. The van der Waals surface area contributed by atoms with E-state index in [0.29, 0.717) is 0 Å². The van der Waals surface area contributed by atoms with Crippen LogP contribution >= 0.6 is 15.9 Å². The van der Waals surface area contributed by atoms with Crippen molar-refractivity contribution in [1.82, 2.24) is 4.90 Å². The fourth-order valence-corrected chi connectivity index (χ4v) is 2.34. The molecule has 0 fully saturated rings. The summed E-state index contributed by atoms with van der Waals surface area (Å²) in [7, 11) is 0. The van der Waals surface area contributed by atoms with Gasteiger partial charge in [0.25, 0.3) is 5.91 Å². The largest absolute Gasteiger partial charge is 0.335 e. The SMILES string of the molecule is CC1=CCN(C(=O)c2cc(C)ccc2Br)CC1. The molecule has 1 aromatic rings. The Morgan fingerprint density at radius 3 is 2.76 bits per heavy atom. The van der Waals surface area contributed by atoms with E-state index in [2.05, 4.69) is 28.9 Å². The maximum absolute atomic E-state index is 12.3. The molecule has 0 N–H and O–H groups in total. The first-order valence-electron chi connectivity index (χ1n) is 5.79. The highest BCUT2D eigenvalue weighted by atomic mass is 79.9. The highest BCUT2D eigenvalue weighted by Crippen LogP contribution is 2.21. The minimum Gasteiger partial charge on any atom is -0.335 e. The van der Waals surface area contributed by atoms with Gasteiger partial charge in [0.1, 0.15) is 0 Å². The number of aryl methyl sites for hydroxylation is 1. The molecule has 0 spiro atoms. The second-order valence-electron chi connectivity index (χ2n) is 4.53. The van der Waals surface area contributed by atoms with Crippen molar-refractivity contribution in [2.75, 3.05) is 13.1 Å². The smallest absolute Gasteiger partial charge is 0.255 e. The molecule has 90 valence electrons. The number of hydrogen-bond donors (Lipinski definition) is 0. The van der Waals surface area contributed by atoms with Crippen molar-refractivity contribution in [2.45, 2.75) is 20.3 Å².